The van der Waals surface area contributed by atoms with Crippen LogP contribution in [0.3, 0.4) is 0 Å². The summed E-state index contributed by atoms with van der Waals surface area (Å²) < 4.78 is 30.3. The van der Waals surface area contributed by atoms with Gasteiger partial charge in [0.05, 0.1) is 5.69 Å². The van der Waals surface area contributed by atoms with E-state index in [9.17, 15) is 8.78 Å². The Hall–Kier alpha value is -2.02. The molecule has 1 unspecified atom stereocenters. The van der Waals surface area contributed by atoms with E-state index in [1.54, 1.807) is 28.9 Å². The smallest absolute Gasteiger partial charge is 0.387 e. The summed E-state index contributed by atoms with van der Waals surface area (Å²) in [5.74, 6) is 0.156. The number of nitrogens with one attached hydrogen (secondary N) is 1. The van der Waals surface area contributed by atoms with Gasteiger partial charge >= 0.3 is 6.61 Å². The number of ether oxygens (including phenoxy) is 1. The number of hydrogen-bond donors (Lipinski definition) is 1. The molecule has 0 saturated carbocycles. The Kier molecular flexibility index (Phi) is 5.21. The molecule has 1 N–H and O–H groups in total. The Labute approximate surface area is 121 Å². The molecule has 5 nitrogen and oxygen atoms in total. The van der Waals surface area contributed by atoms with Crippen molar-refractivity contribution in [2.75, 3.05) is 6.54 Å². The Bertz CT molecular complexity index is 556. The molecule has 0 radical (unpaired) electrons. The van der Waals surface area contributed by atoms with Crippen molar-refractivity contribution in [2.24, 2.45) is 7.05 Å². The average molecular weight is 296 g/mol. The van der Waals surface area contributed by atoms with Crippen molar-refractivity contribution >= 4 is 0 Å². The van der Waals surface area contributed by atoms with Crippen LogP contribution >= 0.6 is 0 Å². The van der Waals surface area contributed by atoms with Gasteiger partial charge in [-0.2, -0.15) is 8.78 Å². The molecule has 0 spiro atoms. The fourth-order valence-corrected chi connectivity index (χ4v) is 2.13. The standard InChI is InChI=1S/C14H18F2N4O/c1-3-17-13(8-11-9-20(2)19-18-11)10-4-6-12(7-5-10)21-14(15)16/h4-7,9,13-14,17H,3,8H2,1-2H3. The van der Waals surface area contributed by atoms with Crippen LogP contribution in [0.15, 0.2) is 30.5 Å². The molecule has 0 amide bonds. The normalized spacial score (nSPS) is 12.6. The topological polar surface area (TPSA) is 52.0 Å². The van der Waals surface area contributed by atoms with E-state index in [1.807, 2.05) is 20.2 Å². The molecule has 21 heavy (non-hydrogen) atoms. The van der Waals surface area contributed by atoms with Gasteiger partial charge in [-0.15, -0.1) is 5.10 Å². The first-order valence-electron chi connectivity index (χ1n) is 6.72. The Morgan fingerprint density at radius 1 is 1.29 bits per heavy atom. The van der Waals surface area contributed by atoms with Gasteiger partial charge in [-0.25, -0.2) is 0 Å². The summed E-state index contributed by atoms with van der Waals surface area (Å²) in [5.41, 5.74) is 1.86. The molecule has 7 heteroatoms. The van der Waals surface area contributed by atoms with Crippen molar-refractivity contribution in [3.05, 3.63) is 41.7 Å². The van der Waals surface area contributed by atoms with Gasteiger partial charge in [0, 0.05) is 25.7 Å². The molecular formula is C14H18F2N4O. The number of aryl methyl sites for hydroxylation is 1. The summed E-state index contributed by atoms with van der Waals surface area (Å²) in [7, 11) is 1.81. The van der Waals surface area contributed by atoms with Gasteiger partial charge in [0.1, 0.15) is 5.75 Å². The number of halogens is 2. The van der Waals surface area contributed by atoms with Crippen molar-refractivity contribution in [1.82, 2.24) is 20.3 Å². The van der Waals surface area contributed by atoms with E-state index in [1.165, 1.54) is 0 Å². The van der Waals surface area contributed by atoms with Gasteiger partial charge < -0.3 is 10.1 Å². The minimum atomic E-state index is -2.81. The molecule has 1 atom stereocenters. The zero-order valence-electron chi connectivity index (χ0n) is 12.0. The van der Waals surface area contributed by atoms with Gasteiger partial charge in [0.2, 0.25) is 0 Å². The second-order valence-electron chi connectivity index (χ2n) is 4.65. The third-order valence-electron chi connectivity index (χ3n) is 3.02. The van der Waals surface area contributed by atoms with E-state index in [2.05, 4.69) is 20.4 Å². The highest BCUT2D eigenvalue weighted by Gasteiger charge is 2.14. The zero-order chi connectivity index (χ0) is 15.2. The maximum absolute atomic E-state index is 12.1. The summed E-state index contributed by atoms with van der Waals surface area (Å²) >= 11 is 0. The SMILES string of the molecule is CCNC(Cc1cn(C)nn1)c1ccc(OC(F)F)cc1. The lowest BCUT2D eigenvalue weighted by atomic mass is 10.0. The highest BCUT2D eigenvalue weighted by molar-refractivity contribution is 5.29. The Balaban J connectivity index is 2.10. The molecule has 2 aromatic rings. The molecule has 0 aliphatic carbocycles. The summed E-state index contributed by atoms with van der Waals surface area (Å²) in [5, 5.41) is 11.3. The maximum Gasteiger partial charge on any atom is 0.387 e. The molecule has 0 fully saturated rings. The number of hydrogen-bond acceptors (Lipinski definition) is 4. The highest BCUT2D eigenvalue weighted by Crippen LogP contribution is 2.21. The second kappa shape index (κ2) is 7.12. The number of likely N-dealkylation sites (N-methyl/N-ethyl adjacent to an activating group) is 1. The first kappa shape index (κ1) is 15.4. The van der Waals surface area contributed by atoms with E-state index in [0.29, 0.717) is 6.42 Å². The molecule has 0 aliphatic rings. The lowest BCUT2D eigenvalue weighted by Crippen LogP contribution is -2.23. The van der Waals surface area contributed by atoms with Crippen molar-refractivity contribution < 1.29 is 13.5 Å². The van der Waals surface area contributed by atoms with E-state index in [4.69, 9.17) is 0 Å². The molecule has 114 valence electrons. The van der Waals surface area contributed by atoms with Crippen molar-refractivity contribution in [1.29, 1.82) is 0 Å². The Morgan fingerprint density at radius 2 is 2.00 bits per heavy atom. The van der Waals surface area contributed by atoms with Crippen molar-refractivity contribution in [2.45, 2.75) is 26.0 Å². The van der Waals surface area contributed by atoms with Crippen LogP contribution in [0.25, 0.3) is 0 Å². The van der Waals surface area contributed by atoms with Crippen LogP contribution in [-0.4, -0.2) is 28.2 Å². The number of nitrogens with zero attached hydrogens (tertiary/aromatic N) is 3. The molecule has 2 rings (SSSR count). The number of alkyl halides is 2. The third kappa shape index (κ3) is 4.49. The first-order chi connectivity index (χ1) is 10.1. The molecule has 1 aromatic carbocycles. The molecule has 0 saturated heterocycles. The quantitative estimate of drug-likeness (QED) is 0.852. The Morgan fingerprint density at radius 3 is 2.52 bits per heavy atom. The van der Waals surface area contributed by atoms with E-state index in [0.717, 1.165) is 17.8 Å². The monoisotopic (exact) mass is 296 g/mol. The van der Waals surface area contributed by atoms with E-state index in [-0.39, 0.29) is 11.8 Å². The largest absolute Gasteiger partial charge is 0.435 e. The lowest BCUT2D eigenvalue weighted by Gasteiger charge is -2.17. The second-order valence-corrected chi connectivity index (χ2v) is 4.65. The van der Waals surface area contributed by atoms with Gasteiger partial charge in [-0.3, -0.25) is 4.68 Å². The van der Waals surface area contributed by atoms with Crippen molar-refractivity contribution in [3.63, 3.8) is 0 Å². The van der Waals surface area contributed by atoms with Crippen LogP contribution in [-0.2, 0) is 13.5 Å². The van der Waals surface area contributed by atoms with Crippen LogP contribution in [0, 0.1) is 0 Å². The maximum atomic E-state index is 12.1. The van der Waals surface area contributed by atoms with Gasteiger partial charge in [0.15, 0.2) is 0 Å². The van der Waals surface area contributed by atoms with E-state index >= 15 is 0 Å². The summed E-state index contributed by atoms with van der Waals surface area (Å²) in [6.07, 6.45) is 2.54. The van der Waals surface area contributed by atoms with Crippen LogP contribution in [0.2, 0.25) is 0 Å². The predicted octanol–water partition coefficient (Wildman–Crippen LogP) is 2.31. The lowest BCUT2D eigenvalue weighted by molar-refractivity contribution is -0.0498. The first-order valence-corrected chi connectivity index (χ1v) is 6.72. The summed E-state index contributed by atoms with van der Waals surface area (Å²) in [4.78, 5) is 0. The van der Waals surface area contributed by atoms with Crippen LogP contribution in [0.1, 0.15) is 24.2 Å². The van der Waals surface area contributed by atoms with Gasteiger partial charge in [-0.1, -0.05) is 24.3 Å². The van der Waals surface area contributed by atoms with Gasteiger partial charge in [0.25, 0.3) is 0 Å². The number of aromatic nitrogens is 3. The number of rotatable bonds is 7. The minimum Gasteiger partial charge on any atom is -0.435 e. The summed E-state index contributed by atoms with van der Waals surface area (Å²) in [6, 6.07) is 6.70. The zero-order valence-corrected chi connectivity index (χ0v) is 12.0. The van der Waals surface area contributed by atoms with Gasteiger partial charge in [-0.05, 0) is 24.2 Å². The molecule has 0 aliphatic heterocycles. The molecular weight excluding hydrogens is 278 g/mol. The van der Waals surface area contributed by atoms with Crippen LogP contribution in [0.5, 0.6) is 5.75 Å². The minimum absolute atomic E-state index is 0.0484. The fourth-order valence-electron chi connectivity index (χ4n) is 2.13. The average Bonchev–Trinajstić information content (AvgIpc) is 2.84. The van der Waals surface area contributed by atoms with Crippen LogP contribution in [0.4, 0.5) is 8.78 Å². The summed E-state index contributed by atoms with van der Waals surface area (Å²) in [6.45, 7) is -0.00182. The molecule has 1 aromatic heterocycles. The fraction of sp³-hybridized carbons (Fsp3) is 0.429. The molecule has 0 bridgehead atoms. The van der Waals surface area contributed by atoms with Crippen molar-refractivity contribution in [3.8, 4) is 5.75 Å². The van der Waals surface area contributed by atoms with E-state index < -0.39 is 6.61 Å². The molecule has 1 heterocycles. The number of benzene rings is 1. The predicted molar refractivity (Wildman–Crippen MR) is 74.2 cm³/mol. The highest BCUT2D eigenvalue weighted by atomic mass is 19.3. The van der Waals surface area contributed by atoms with Crippen LogP contribution < -0.4 is 10.1 Å². The third-order valence-corrected chi connectivity index (χ3v) is 3.02.